The van der Waals surface area contributed by atoms with E-state index in [0.29, 0.717) is 0 Å². The largest absolute Gasteiger partial charge is 0.340 e. The predicted octanol–water partition coefficient (Wildman–Crippen LogP) is 3.18. The molecule has 0 aromatic heterocycles. The van der Waals surface area contributed by atoms with Crippen molar-refractivity contribution in [2.75, 3.05) is 0 Å². The van der Waals surface area contributed by atoms with Crippen molar-refractivity contribution in [3.05, 3.63) is 71.8 Å². The Morgan fingerprint density at radius 1 is 0.941 bits per heavy atom. The molecule has 17 heavy (non-hydrogen) atoms. The van der Waals surface area contributed by atoms with Gasteiger partial charge in [0.25, 0.3) is 0 Å². The lowest BCUT2D eigenvalue weighted by atomic mass is 9.93. The van der Waals surface area contributed by atoms with Crippen LogP contribution < -0.4 is 0 Å². The van der Waals surface area contributed by atoms with E-state index in [1.54, 1.807) is 0 Å². The molecule has 0 unspecified atom stereocenters. The van der Waals surface area contributed by atoms with E-state index in [2.05, 4.69) is 6.07 Å². The summed E-state index contributed by atoms with van der Waals surface area (Å²) in [6, 6.07) is 21.8. The quantitative estimate of drug-likeness (QED) is 0.730. The summed E-state index contributed by atoms with van der Waals surface area (Å²) >= 11 is 0. The van der Waals surface area contributed by atoms with Gasteiger partial charge in [-0.05, 0) is 5.56 Å². The molecule has 2 aromatic rings. The third-order valence-electron chi connectivity index (χ3n) is 3.09. The van der Waals surface area contributed by atoms with Crippen LogP contribution in [-0.4, -0.2) is 0 Å². The molecular formula is C15H11NO. The van der Waals surface area contributed by atoms with Crippen molar-refractivity contribution in [1.82, 2.24) is 0 Å². The summed E-state index contributed by atoms with van der Waals surface area (Å²) in [6.07, 6.45) is -0.143. The molecule has 2 aromatic carbocycles. The van der Waals surface area contributed by atoms with Crippen LogP contribution >= 0.6 is 0 Å². The minimum Gasteiger partial charge on any atom is -0.340 e. The van der Waals surface area contributed by atoms with Crippen molar-refractivity contribution in [3.8, 4) is 6.07 Å². The lowest BCUT2D eigenvalue weighted by Gasteiger charge is -2.03. The second-order valence-electron chi connectivity index (χ2n) is 4.12. The Morgan fingerprint density at radius 2 is 1.53 bits per heavy atom. The van der Waals surface area contributed by atoms with Crippen LogP contribution in [-0.2, 0) is 10.3 Å². The molecular weight excluding hydrogens is 210 g/mol. The zero-order valence-electron chi connectivity index (χ0n) is 9.21. The Bertz CT molecular complexity index is 558. The van der Waals surface area contributed by atoms with Crippen LogP contribution in [0.5, 0.6) is 0 Å². The molecule has 1 heterocycles. The second kappa shape index (κ2) is 3.73. The minimum atomic E-state index is -0.789. The molecule has 2 heteroatoms. The fourth-order valence-corrected chi connectivity index (χ4v) is 2.14. The highest BCUT2D eigenvalue weighted by Crippen LogP contribution is 2.56. The molecule has 2 nitrogen and oxygen atoms in total. The van der Waals surface area contributed by atoms with E-state index in [1.165, 1.54) is 0 Å². The van der Waals surface area contributed by atoms with Crippen LogP contribution in [0.4, 0.5) is 0 Å². The van der Waals surface area contributed by atoms with Crippen molar-refractivity contribution in [3.63, 3.8) is 0 Å². The Kier molecular flexibility index (Phi) is 2.21. The van der Waals surface area contributed by atoms with Gasteiger partial charge in [-0.3, -0.25) is 0 Å². The monoisotopic (exact) mass is 221 g/mol. The molecule has 0 spiro atoms. The Morgan fingerprint density at radius 3 is 2.12 bits per heavy atom. The number of nitrogens with zero attached hydrogens (tertiary/aromatic N) is 1. The zero-order valence-corrected chi connectivity index (χ0v) is 9.21. The normalized spacial score (nSPS) is 26.2. The van der Waals surface area contributed by atoms with Crippen LogP contribution in [0.1, 0.15) is 17.2 Å². The lowest BCUT2D eigenvalue weighted by molar-refractivity contribution is 0.340. The lowest BCUT2D eigenvalue weighted by Crippen LogP contribution is -2.06. The van der Waals surface area contributed by atoms with Crippen molar-refractivity contribution >= 4 is 0 Å². The van der Waals surface area contributed by atoms with E-state index < -0.39 is 5.60 Å². The molecule has 1 aliphatic rings. The van der Waals surface area contributed by atoms with Crippen LogP contribution in [0.25, 0.3) is 0 Å². The molecule has 0 aliphatic carbocycles. The van der Waals surface area contributed by atoms with Crippen molar-refractivity contribution in [2.45, 2.75) is 11.7 Å². The molecule has 0 amide bonds. The number of nitriles is 1. The Balaban J connectivity index is 1.97. The molecule has 2 atom stereocenters. The highest BCUT2D eigenvalue weighted by Gasteiger charge is 2.59. The average molecular weight is 221 g/mol. The van der Waals surface area contributed by atoms with Gasteiger partial charge in [0, 0.05) is 5.56 Å². The minimum absolute atomic E-state index is 0.143. The average Bonchev–Trinajstić information content (AvgIpc) is 3.17. The van der Waals surface area contributed by atoms with E-state index in [1.807, 2.05) is 60.7 Å². The standard InChI is InChI=1S/C15H11NO/c16-11-15(13-9-5-2-6-10-13)14(17-15)12-7-3-1-4-8-12/h1-10,14H/t14-,15-/m0/s1. The van der Waals surface area contributed by atoms with Gasteiger partial charge in [0.1, 0.15) is 12.2 Å². The smallest absolute Gasteiger partial charge is 0.210 e. The second-order valence-corrected chi connectivity index (χ2v) is 4.12. The van der Waals surface area contributed by atoms with E-state index in [-0.39, 0.29) is 6.10 Å². The number of benzene rings is 2. The summed E-state index contributed by atoms with van der Waals surface area (Å²) in [5.41, 5.74) is 1.19. The first kappa shape index (κ1) is 10.1. The first-order valence-corrected chi connectivity index (χ1v) is 5.56. The van der Waals surface area contributed by atoms with Gasteiger partial charge in [0.05, 0.1) is 0 Å². The topological polar surface area (TPSA) is 36.3 Å². The Labute approximate surface area is 100 Å². The van der Waals surface area contributed by atoms with E-state index >= 15 is 0 Å². The predicted molar refractivity (Wildman–Crippen MR) is 64.0 cm³/mol. The van der Waals surface area contributed by atoms with Crippen LogP contribution in [0.2, 0.25) is 0 Å². The van der Waals surface area contributed by atoms with Gasteiger partial charge in [-0.2, -0.15) is 5.26 Å². The summed E-state index contributed by atoms with van der Waals surface area (Å²) in [4.78, 5) is 0. The summed E-state index contributed by atoms with van der Waals surface area (Å²) in [6.45, 7) is 0. The van der Waals surface area contributed by atoms with E-state index in [0.717, 1.165) is 11.1 Å². The van der Waals surface area contributed by atoms with Gasteiger partial charge >= 0.3 is 0 Å². The molecule has 0 bridgehead atoms. The van der Waals surface area contributed by atoms with Gasteiger partial charge in [-0.25, -0.2) is 0 Å². The third kappa shape index (κ3) is 1.52. The van der Waals surface area contributed by atoms with E-state index in [4.69, 9.17) is 4.74 Å². The summed E-state index contributed by atoms with van der Waals surface area (Å²) in [5, 5.41) is 9.37. The molecule has 0 saturated carbocycles. The maximum Gasteiger partial charge on any atom is 0.210 e. The maximum absolute atomic E-state index is 9.37. The van der Waals surface area contributed by atoms with Gasteiger partial charge in [0.2, 0.25) is 5.60 Å². The Hall–Kier alpha value is -2.11. The first-order valence-electron chi connectivity index (χ1n) is 5.56. The zero-order chi connectivity index (χ0) is 11.7. The first-order chi connectivity index (χ1) is 8.37. The fourth-order valence-electron chi connectivity index (χ4n) is 2.14. The molecule has 1 fully saturated rings. The number of epoxide rings is 1. The maximum atomic E-state index is 9.37. The van der Waals surface area contributed by atoms with E-state index in [9.17, 15) is 5.26 Å². The molecule has 82 valence electrons. The van der Waals surface area contributed by atoms with Crippen LogP contribution in [0.15, 0.2) is 60.7 Å². The number of ether oxygens (including phenoxy) is 1. The molecule has 1 aliphatic heterocycles. The summed E-state index contributed by atoms with van der Waals surface area (Å²) in [7, 11) is 0. The van der Waals surface area contributed by atoms with Gasteiger partial charge < -0.3 is 4.74 Å². The van der Waals surface area contributed by atoms with Gasteiger partial charge in [-0.1, -0.05) is 60.7 Å². The SMILES string of the molecule is N#C[C@@]1(c2ccccc2)O[C@H]1c1ccccc1. The fraction of sp³-hybridized carbons (Fsp3) is 0.133. The highest BCUT2D eigenvalue weighted by molar-refractivity contribution is 5.41. The van der Waals surface area contributed by atoms with Crippen molar-refractivity contribution in [1.29, 1.82) is 5.26 Å². The molecule has 0 N–H and O–H groups in total. The highest BCUT2D eigenvalue weighted by atomic mass is 16.6. The van der Waals surface area contributed by atoms with Crippen molar-refractivity contribution < 1.29 is 4.74 Å². The van der Waals surface area contributed by atoms with Crippen molar-refractivity contribution in [2.24, 2.45) is 0 Å². The summed E-state index contributed by atoms with van der Waals surface area (Å²) < 4.78 is 5.66. The number of rotatable bonds is 2. The number of hydrogen-bond donors (Lipinski definition) is 0. The summed E-state index contributed by atoms with van der Waals surface area (Å²) in [5.74, 6) is 0. The number of hydrogen-bond acceptors (Lipinski definition) is 2. The van der Waals surface area contributed by atoms with Crippen LogP contribution in [0.3, 0.4) is 0 Å². The molecule has 3 rings (SSSR count). The van der Waals surface area contributed by atoms with Crippen LogP contribution in [0, 0.1) is 11.3 Å². The van der Waals surface area contributed by atoms with Gasteiger partial charge in [-0.15, -0.1) is 0 Å². The molecule has 1 saturated heterocycles. The third-order valence-corrected chi connectivity index (χ3v) is 3.09. The molecule has 0 radical (unpaired) electrons. The van der Waals surface area contributed by atoms with Gasteiger partial charge in [0.15, 0.2) is 0 Å².